The SMILES string of the molecule is N#Cc1c(F)cccc1N1C[C@H](O)C[C@H]1c1cccc(F)c1. The van der Waals surface area contributed by atoms with Crippen LogP contribution in [0.25, 0.3) is 0 Å². The third-order valence-corrected chi connectivity index (χ3v) is 3.93. The van der Waals surface area contributed by atoms with Crippen LogP contribution in [0.5, 0.6) is 0 Å². The normalized spacial score (nSPS) is 20.9. The van der Waals surface area contributed by atoms with E-state index >= 15 is 0 Å². The summed E-state index contributed by atoms with van der Waals surface area (Å²) in [5, 5.41) is 19.2. The lowest BCUT2D eigenvalue weighted by Crippen LogP contribution is -2.25. The first-order valence-electron chi connectivity index (χ1n) is 6.99. The second kappa shape index (κ2) is 5.74. The Balaban J connectivity index is 2.06. The number of halogens is 2. The fourth-order valence-electron chi connectivity index (χ4n) is 2.97. The molecule has 1 aliphatic rings. The third kappa shape index (κ3) is 2.53. The molecule has 0 aromatic heterocycles. The Hall–Kier alpha value is -2.45. The van der Waals surface area contributed by atoms with Crippen LogP contribution < -0.4 is 4.90 Å². The molecule has 1 fully saturated rings. The van der Waals surface area contributed by atoms with E-state index in [1.807, 2.05) is 6.07 Å². The van der Waals surface area contributed by atoms with Crippen LogP contribution in [0, 0.1) is 23.0 Å². The first-order valence-corrected chi connectivity index (χ1v) is 6.99. The summed E-state index contributed by atoms with van der Waals surface area (Å²) in [6.45, 7) is 0.277. The second-order valence-corrected chi connectivity index (χ2v) is 5.36. The highest BCUT2D eigenvalue weighted by Gasteiger charge is 2.34. The van der Waals surface area contributed by atoms with Crippen LogP contribution in [0.3, 0.4) is 0 Å². The number of β-amino-alcohol motifs (C(OH)–C–C–N with tert-alkyl or cyclic N) is 1. The Labute approximate surface area is 127 Å². The largest absolute Gasteiger partial charge is 0.391 e. The van der Waals surface area contributed by atoms with Crippen molar-refractivity contribution in [1.82, 2.24) is 0 Å². The lowest BCUT2D eigenvalue weighted by Gasteiger charge is -2.27. The van der Waals surface area contributed by atoms with E-state index in [0.717, 1.165) is 0 Å². The van der Waals surface area contributed by atoms with Gasteiger partial charge in [-0.15, -0.1) is 0 Å². The van der Waals surface area contributed by atoms with Gasteiger partial charge in [0.15, 0.2) is 0 Å². The van der Waals surface area contributed by atoms with Crippen molar-refractivity contribution in [3.05, 3.63) is 65.2 Å². The maximum Gasteiger partial charge on any atom is 0.143 e. The first kappa shape index (κ1) is 14.5. The van der Waals surface area contributed by atoms with Gasteiger partial charge in [0.2, 0.25) is 0 Å². The van der Waals surface area contributed by atoms with Crippen LogP contribution in [-0.2, 0) is 0 Å². The Bertz CT molecular complexity index is 742. The minimum Gasteiger partial charge on any atom is -0.391 e. The molecule has 1 N–H and O–H groups in total. The molecule has 0 radical (unpaired) electrons. The van der Waals surface area contributed by atoms with Crippen molar-refractivity contribution in [1.29, 1.82) is 5.26 Å². The molecule has 0 bridgehead atoms. The van der Waals surface area contributed by atoms with E-state index in [9.17, 15) is 19.1 Å². The van der Waals surface area contributed by atoms with E-state index in [-0.39, 0.29) is 24.0 Å². The van der Waals surface area contributed by atoms with Crippen molar-refractivity contribution in [2.45, 2.75) is 18.6 Å². The zero-order valence-corrected chi connectivity index (χ0v) is 11.7. The van der Waals surface area contributed by atoms with Gasteiger partial charge in [-0.2, -0.15) is 5.26 Å². The van der Waals surface area contributed by atoms with E-state index in [4.69, 9.17) is 0 Å². The van der Waals surface area contributed by atoms with Crippen molar-refractivity contribution < 1.29 is 13.9 Å². The Morgan fingerprint density at radius 1 is 1.18 bits per heavy atom. The number of aliphatic hydroxyl groups is 1. The minimum atomic E-state index is -0.608. The number of hydrogen-bond donors (Lipinski definition) is 1. The molecule has 22 heavy (non-hydrogen) atoms. The average molecular weight is 300 g/mol. The Morgan fingerprint density at radius 3 is 2.68 bits per heavy atom. The van der Waals surface area contributed by atoms with Gasteiger partial charge >= 0.3 is 0 Å². The number of anilines is 1. The van der Waals surface area contributed by atoms with Crippen molar-refractivity contribution in [2.75, 3.05) is 11.4 Å². The fraction of sp³-hybridized carbons (Fsp3) is 0.235. The van der Waals surface area contributed by atoms with Crippen molar-refractivity contribution in [3.63, 3.8) is 0 Å². The van der Waals surface area contributed by atoms with Crippen molar-refractivity contribution in [2.24, 2.45) is 0 Å². The molecule has 0 unspecified atom stereocenters. The van der Waals surface area contributed by atoms with Gasteiger partial charge in [-0.25, -0.2) is 8.78 Å². The predicted octanol–water partition coefficient (Wildman–Crippen LogP) is 3.15. The zero-order chi connectivity index (χ0) is 15.7. The monoisotopic (exact) mass is 300 g/mol. The zero-order valence-electron chi connectivity index (χ0n) is 11.7. The summed E-state index contributed by atoms with van der Waals surface area (Å²) < 4.78 is 27.3. The summed E-state index contributed by atoms with van der Waals surface area (Å²) in [5.41, 5.74) is 1.07. The highest BCUT2D eigenvalue weighted by molar-refractivity contribution is 5.62. The molecule has 0 amide bonds. The number of benzene rings is 2. The molecule has 1 heterocycles. The Kier molecular flexibility index (Phi) is 3.78. The Morgan fingerprint density at radius 2 is 1.95 bits per heavy atom. The molecule has 2 atom stereocenters. The quantitative estimate of drug-likeness (QED) is 0.927. The summed E-state index contributed by atoms with van der Waals surface area (Å²) >= 11 is 0. The number of aliphatic hydroxyl groups excluding tert-OH is 1. The van der Waals surface area contributed by atoms with Crippen LogP contribution in [-0.4, -0.2) is 17.8 Å². The predicted molar refractivity (Wildman–Crippen MR) is 78.2 cm³/mol. The topological polar surface area (TPSA) is 47.3 Å². The van der Waals surface area contributed by atoms with Gasteiger partial charge in [-0.1, -0.05) is 18.2 Å². The van der Waals surface area contributed by atoms with Gasteiger partial charge in [-0.3, -0.25) is 0 Å². The minimum absolute atomic E-state index is 0.0574. The highest BCUT2D eigenvalue weighted by Crippen LogP contribution is 2.38. The molecule has 0 spiro atoms. The van der Waals surface area contributed by atoms with Crippen molar-refractivity contribution >= 4 is 5.69 Å². The number of nitrogens with zero attached hydrogens (tertiary/aromatic N) is 2. The van der Waals surface area contributed by atoms with Crippen LogP contribution in [0.15, 0.2) is 42.5 Å². The van der Waals surface area contributed by atoms with E-state index in [0.29, 0.717) is 17.7 Å². The molecular formula is C17H14F2N2O. The molecule has 1 saturated heterocycles. The molecule has 5 heteroatoms. The first-order chi connectivity index (χ1) is 10.6. The summed E-state index contributed by atoms with van der Waals surface area (Å²) in [7, 11) is 0. The fourth-order valence-corrected chi connectivity index (χ4v) is 2.97. The molecule has 2 aromatic rings. The number of hydrogen-bond acceptors (Lipinski definition) is 3. The highest BCUT2D eigenvalue weighted by atomic mass is 19.1. The molecule has 3 nitrogen and oxygen atoms in total. The molecule has 112 valence electrons. The second-order valence-electron chi connectivity index (χ2n) is 5.36. The molecule has 0 saturated carbocycles. The van der Waals surface area contributed by atoms with Gasteiger partial charge in [0.05, 0.1) is 17.8 Å². The summed E-state index contributed by atoms with van der Waals surface area (Å²) in [5.74, 6) is -0.960. The number of nitriles is 1. The molecule has 3 rings (SSSR count). The lowest BCUT2D eigenvalue weighted by atomic mass is 10.0. The van der Waals surface area contributed by atoms with E-state index in [1.54, 1.807) is 23.1 Å². The van der Waals surface area contributed by atoms with Crippen LogP contribution >= 0.6 is 0 Å². The summed E-state index contributed by atoms with van der Waals surface area (Å²) in [4.78, 5) is 1.76. The maximum atomic E-state index is 13.8. The lowest BCUT2D eigenvalue weighted by molar-refractivity contribution is 0.194. The smallest absolute Gasteiger partial charge is 0.143 e. The molecule has 2 aromatic carbocycles. The third-order valence-electron chi connectivity index (χ3n) is 3.93. The summed E-state index contributed by atoms with van der Waals surface area (Å²) in [6.07, 6.45) is -0.201. The van der Waals surface area contributed by atoms with Gasteiger partial charge in [0.25, 0.3) is 0 Å². The van der Waals surface area contributed by atoms with E-state index in [1.165, 1.54) is 24.3 Å². The number of rotatable bonds is 2. The molecule has 1 aliphatic heterocycles. The van der Waals surface area contributed by atoms with Gasteiger partial charge < -0.3 is 10.0 Å². The maximum absolute atomic E-state index is 13.8. The average Bonchev–Trinajstić information content (AvgIpc) is 2.89. The van der Waals surface area contributed by atoms with Gasteiger partial charge in [-0.05, 0) is 36.2 Å². The van der Waals surface area contributed by atoms with Gasteiger partial charge in [0.1, 0.15) is 23.3 Å². The van der Waals surface area contributed by atoms with Crippen molar-refractivity contribution in [3.8, 4) is 6.07 Å². The summed E-state index contributed by atoms with van der Waals surface area (Å²) in [6, 6.07) is 12.1. The standard InChI is InChI=1S/C17H14F2N2O/c18-12-4-1-3-11(7-12)17-8-13(22)10-21(17)16-6-2-5-15(19)14(16)9-20/h1-7,13,17,22H,8,10H2/t13-,17+/m1/s1. The molecule has 0 aliphatic carbocycles. The van der Waals surface area contributed by atoms with E-state index in [2.05, 4.69) is 0 Å². The van der Waals surface area contributed by atoms with Gasteiger partial charge in [0, 0.05) is 6.54 Å². The molecular weight excluding hydrogens is 286 g/mol. The van der Waals surface area contributed by atoms with Crippen LogP contribution in [0.4, 0.5) is 14.5 Å². The van der Waals surface area contributed by atoms with Crippen LogP contribution in [0.1, 0.15) is 23.6 Å². The van der Waals surface area contributed by atoms with Crippen LogP contribution in [0.2, 0.25) is 0 Å². The van der Waals surface area contributed by atoms with E-state index < -0.39 is 11.9 Å².